The van der Waals surface area contributed by atoms with Crippen molar-refractivity contribution in [3.8, 4) is 0 Å². The molecule has 1 aliphatic rings. The molecule has 0 saturated heterocycles. The minimum absolute atomic E-state index is 0.867. The third-order valence-electron chi connectivity index (χ3n) is 2.50. The first-order valence-electron chi connectivity index (χ1n) is 5.22. The molecule has 0 bridgehead atoms. The first kappa shape index (κ1) is 10.0. The van der Waals surface area contributed by atoms with Crippen LogP contribution < -0.4 is 5.32 Å². The van der Waals surface area contributed by atoms with Crippen molar-refractivity contribution in [2.75, 3.05) is 26.3 Å². The van der Waals surface area contributed by atoms with Gasteiger partial charge in [0.1, 0.15) is 0 Å². The van der Waals surface area contributed by atoms with Crippen LogP contribution in [0.3, 0.4) is 0 Å². The molecule has 0 unspecified atom stereocenters. The first-order chi connectivity index (χ1) is 5.93. The molecule has 0 aliphatic heterocycles. The number of nitrogens with one attached hydrogen (secondary N) is 1. The van der Waals surface area contributed by atoms with Gasteiger partial charge in [-0.2, -0.15) is 0 Å². The predicted octanol–water partition coefficient (Wildman–Crippen LogP) is 1.80. The molecule has 12 heavy (non-hydrogen) atoms. The van der Waals surface area contributed by atoms with E-state index in [0.29, 0.717) is 0 Å². The van der Waals surface area contributed by atoms with Crippen LogP contribution in [0.15, 0.2) is 0 Å². The predicted molar refractivity (Wildman–Crippen MR) is 51.3 cm³/mol. The van der Waals surface area contributed by atoms with Gasteiger partial charge < -0.3 is 10.1 Å². The molecular weight excluding hydrogens is 150 g/mol. The number of likely N-dealkylation sites (N-methyl/N-ethyl adjacent to an activating group) is 1. The van der Waals surface area contributed by atoms with Gasteiger partial charge in [-0.15, -0.1) is 0 Å². The van der Waals surface area contributed by atoms with Crippen molar-refractivity contribution < 1.29 is 4.74 Å². The van der Waals surface area contributed by atoms with Gasteiger partial charge in [0, 0.05) is 13.2 Å². The van der Waals surface area contributed by atoms with E-state index in [1.165, 1.54) is 25.7 Å². The normalized spacial score (nSPS) is 18.8. The monoisotopic (exact) mass is 171 g/mol. The zero-order valence-electron chi connectivity index (χ0n) is 8.14. The molecule has 1 fully saturated rings. The Bertz CT molecular complexity index is 100. The Morgan fingerprint density at radius 1 is 1.33 bits per heavy atom. The third kappa shape index (κ3) is 4.07. The summed E-state index contributed by atoms with van der Waals surface area (Å²) in [4.78, 5) is 0. The van der Waals surface area contributed by atoms with Gasteiger partial charge in [0.05, 0.1) is 6.61 Å². The van der Waals surface area contributed by atoms with Crippen LogP contribution in [0.1, 0.15) is 32.6 Å². The lowest BCUT2D eigenvalue weighted by Gasteiger charge is -2.09. The zero-order valence-corrected chi connectivity index (χ0v) is 8.14. The fourth-order valence-electron chi connectivity index (χ4n) is 1.75. The van der Waals surface area contributed by atoms with E-state index >= 15 is 0 Å². The maximum absolute atomic E-state index is 5.56. The van der Waals surface area contributed by atoms with E-state index < -0.39 is 0 Å². The quantitative estimate of drug-likeness (QED) is 0.615. The van der Waals surface area contributed by atoms with E-state index in [0.717, 1.165) is 32.2 Å². The van der Waals surface area contributed by atoms with Crippen LogP contribution in [0, 0.1) is 5.92 Å². The number of hydrogen-bond donors (Lipinski definition) is 1. The SMILES string of the molecule is CCNCCOCC1CCCC1. The van der Waals surface area contributed by atoms with Crippen molar-refractivity contribution >= 4 is 0 Å². The van der Waals surface area contributed by atoms with E-state index in [-0.39, 0.29) is 0 Å². The van der Waals surface area contributed by atoms with E-state index in [1.807, 2.05) is 0 Å². The van der Waals surface area contributed by atoms with E-state index in [4.69, 9.17) is 4.74 Å². The molecule has 0 aromatic heterocycles. The molecule has 0 aromatic carbocycles. The Morgan fingerprint density at radius 2 is 2.08 bits per heavy atom. The van der Waals surface area contributed by atoms with Gasteiger partial charge in [0.15, 0.2) is 0 Å². The summed E-state index contributed by atoms with van der Waals surface area (Å²) in [6, 6.07) is 0. The fourth-order valence-corrected chi connectivity index (χ4v) is 1.75. The molecule has 0 atom stereocenters. The maximum Gasteiger partial charge on any atom is 0.0591 e. The standard InChI is InChI=1S/C10H21NO/c1-2-11-7-8-12-9-10-5-3-4-6-10/h10-11H,2-9H2,1H3. The molecule has 1 saturated carbocycles. The number of ether oxygens (including phenoxy) is 1. The molecule has 1 aliphatic carbocycles. The highest BCUT2D eigenvalue weighted by Gasteiger charge is 2.14. The van der Waals surface area contributed by atoms with Gasteiger partial charge >= 0.3 is 0 Å². The van der Waals surface area contributed by atoms with Crippen molar-refractivity contribution in [2.45, 2.75) is 32.6 Å². The van der Waals surface area contributed by atoms with Gasteiger partial charge in [0.25, 0.3) is 0 Å². The van der Waals surface area contributed by atoms with Gasteiger partial charge in [-0.3, -0.25) is 0 Å². The van der Waals surface area contributed by atoms with E-state index in [2.05, 4.69) is 12.2 Å². The summed E-state index contributed by atoms with van der Waals surface area (Å²) in [5.41, 5.74) is 0. The summed E-state index contributed by atoms with van der Waals surface area (Å²) in [6.07, 6.45) is 5.62. The number of rotatable bonds is 6. The summed E-state index contributed by atoms with van der Waals surface area (Å²) < 4.78 is 5.56. The molecule has 0 spiro atoms. The lowest BCUT2D eigenvalue weighted by Crippen LogP contribution is -2.20. The van der Waals surface area contributed by atoms with Gasteiger partial charge in [-0.25, -0.2) is 0 Å². The first-order valence-corrected chi connectivity index (χ1v) is 5.22. The Balaban J connectivity index is 1.81. The lowest BCUT2D eigenvalue weighted by molar-refractivity contribution is 0.103. The molecular formula is C10H21NO. The summed E-state index contributed by atoms with van der Waals surface area (Å²) in [5, 5.41) is 3.25. The number of hydrogen-bond acceptors (Lipinski definition) is 2. The molecule has 0 aromatic rings. The Kier molecular flexibility index (Phi) is 5.37. The second-order valence-electron chi connectivity index (χ2n) is 3.58. The minimum atomic E-state index is 0.867. The average molecular weight is 171 g/mol. The van der Waals surface area contributed by atoms with Crippen LogP contribution in [-0.2, 0) is 4.74 Å². The van der Waals surface area contributed by atoms with Crippen molar-refractivity contribution in [1.29, 1.82) is 0 Å². The second-order valence-corrected chi connectivity index (χ2v) is 3.58. The van der Waals surface area contributed by atoms with E-state index in [9.17, 15) is 0 Å². The Morgan fingerprint density at radius 3 is 2.75 bits per heavy atom. The van der Waals surface area contributed by atoms with Crippen LogP contribution in [0.2, 0.25) is 0 Å². The molecule has 0 heterocycles. The van der Waals surface area contributed by atoms with Crippen molar-refractivity contribution in [3.05, 3.63) is 0 Å². The molecule has 1 N–H and O–H groups in total. The van der Waals surface area contributed by atoms with Gasteiger partial charge in [-0.05, 0) is 25.3 Å². The highest BCUT2D eigenvalue weighted by atomic mass is 16.5. The topological polar surface area (TPSA) is 21.3 Å². The fraction of sp³-hybridized carbons (Fsp3) is 1.00. The molecule has 2 nitrogen and oxygen atoms in total. The largest absolute Gasteiger partial charge is 0.380 e. The Hall–Kier alpha value is -0.0800. The van der Waals surface area contributed by atoms with Crippen molar-refractivity contribution in [1.82, 2.24) is 5.32 Å². The van der Waals surface area contributed by atoms with Crippen LogP contribution in [-0.4, -0.2) is 26.3 Å². The zero-order chi connectivity index (χ0) is 8.65. The van der Waals surface area contributed by atoms with E-state index in [1.54, 1.807) is 0 Å². The summed E-state index contributed by atoms with van der Waals surface area (Å²) in [5.74, 6) is 0.867. The molecule has 0 amide bonds. The van der Waals surface area contributed by atoms with Crippen LogP contribution in [0.25, 0.3) is 0 Å². The molecule has 1 rings (SSSR count). The molecule has 0 radical (unpaired) electrons. The van der Waals surface area contributed by atoms with Gasteiger partial charge in [0.2, 0.25) is 0 Å². The van der Waals surface area contributed by atoms with Crippen LogP contribution >= 0.6 is 0 Å². The third-order valence-corrected chi connectivity index (χ3v) is 2.50. The summed E-state index contributed by atoms with van der Waals surface area (Å²) >= 11 is 0. The Labute approximate surface area is 75.7 Å². The highest BCUT2D eigenvalue weighted by Crippen LogP contribution is 2.24. The van der Waals surface area contributed by atoms with Crippen molar-refractivity contribution in [2.24, 2.45) is 5.92 Å². The molecule has 2 heteroatoms. The summed E-state index contributed by atoms with van der Waals surface area (Å²) in [7, 11) is 0. The van der Waals surface area contributed by atoms with Gasteiger partial charge in [-0.1, -0.05) is 19.8 Å². The lowest BCUT2D eigenvalue weighted by atomic mass is 10.1. The van der Waals surface area contributed by atoms with Crippen LogP contribution in [0.4, 0.5) is 0 Å². The second kappa shape index (κ2) is 6.44. The van der Waals surface area contributed by atoms with Crippen LogP contribution in [0.5, 0.6) is 0 Å². The highest BCUT2D eigenvalue weighted by molar-refractivity contribution is 4.66. The minimum Gasteiger partial charge on any atom is -0.380 e. The van der Waals surface area contributed by atoms with Crippen molar-refractivity contribution in [3.63, 3.8) is 0 Å². The smallest absolute Gasteiger partial charge is 0.0591 e. The maximum atomic E-state index is 5.56. The molecule has 72 valence electrons. The average Bonchev–Trinajstić information content (AvgIpc) is 2.57. The summed E-state index contributed by atoms with van der Waals surface area (Å²) in [6.45, 7) is 6.04.